The zero-order valence-corrected chi connectivity index (χ0v) is 20.4. The van der Waals surface area contributed by atoms with Crippen LogP contribution in [0.2, 0.25) is 0 Å². The minimum absolute atomic E-state index is 0. The highest BCUT2D eigenvalue weighted by atomic mass is 35.5. The summed E-state index contributed by atoms with van der Waals surface area (Å²) in [7, 11) is 0. The Labute approximate surface area is 202 Å². The molecule has 1 aliphatic rings. The molecule has 1 saturated heterocycles. The molecule has 33 heavy (non-hydrogen) atoms. The first-order valence-corrected chi connectivity index (χ1v) is 11.5. The molecule has 1 aromatic rings. The van der Waals surface area contributed by atoms with Crippen LogP contribution >= 0.6 is 12.4 Å². The molecule has 1 amide bonds. The Morgan fingerprint density at radius 3 is 2.39 bits per heavy atom. The van der Waals surface area contributed by atoms with Crippen molar-refractivity contribution < 1.29 is 29.0 Å². The normalized spacial score (nSPS) is 15.8. The summed E-state index contributed by atoms with van der Waals surface area (Å²) in [5.74, 6) is -0.851. The molecule has 0 radical (unpaired) electrons. The van der Waals surface area contributed by atoms with Gasteiger partial charge in [0.2, 0.25) is 0 Å². The summed E-state index contributed by atoms with van der Waals surface area (Å²) in [6.45, 7) is 5.20. The summed E-state index contributed by atoms with van der Waals surface area (Å²) >= 11 is 0. The molecule has 8 nitrogen and oxygen atoms in total. The number of esters is 1. The zero-order valence-electron chi connectivity index (χ0n) is 19.5. The van der Waals surface area contributed by atoms with Crippen molar-refractivity contribution >= 4 is 30.4 Å². The standard InChI is InChI=1S/C24H36N2O6.ClH/c1-3-31-23(29)21(25-18(2)22(27)28)12-8-7-9-19-13-15-26(16-14-19)24(30)32-17-20-10-5-4-6-11-20;/h4-6,10-11,18-19,21,25H,3,7-9,12-17H2,1-2H3,(H,27,28);1H/t18-,21-;/m0./s1. The fourth-order valence-corrected chi connectivity index (χ4v) is 3.88. The number of hydrogen-bond acceptors (Lipinski definition) is 6. The van der Waals surface area contributed by atoms with Crippen LogP contribution in [0.3, 0.4) is 0 Å². The van der Waals surface area contributed by atoms with Crippen LogP contribution < -0.4 is 5.32 Å². The lowest BCUT2D eigenvalue weighted by atomic mass is 9.91. The SMILES string of the molecule is CCOC(=O)[C@H](CCCCC1CCN(C(=O)OCc2ccccc2)CC1)N[C@@H](C)C(=O)O.Cl. The van der Waals surface area contributed by atoms with Gasteiger partial charge in [-0.2, -0.15) is 0 Å². The Kier molecular flexibility index (Phi) is 13.5. The molecule has 186 valence electrons. The van der Waals surface area contributed by atoms with E-state index in [1.54, 1.807) is 11.8 Å². The maximum Gasteiger partial charge on any atom is 0.410 e. The van der Waals surface area contributed by atoms with Gasteiger partial charge >= 0.3 is 18.0 Å². The molecule has 0 saturated carbocycles. The van der Waals surface area contributed by atoms with Crippen LogP contribution in [-0.2, 0) is 25.7 Å². The number of hydrogen-bond donors (Lipinski definition) is 2. The number of aliphatic carboxylic acids is 1. The van der Waals surface area contributed by atoms with Gasteiger partial charge in [0.1, 0.15) is 18.7 Å². The number of carbonyl (C=O) groups excluding carboxylic acids is 2. The second-order valence-electron chi connectivity index (χ2n) is 8.29. The van der Waals surface area contributed by atoms with Gasteiger partial charge in [-0.3, -0.25) is 14.9 Å². The van der Waals surface area contributed by atoms with E-state index in [4.69, 9.17) is 14.6 Å². The molecule has 0 aromatic heterocycles. The van der Waals surface area contributed by atoms with Crippen LogP contribution in [0.1, 0.15) is 57.9 Å². The Morgan fingerprint density at radius 1 is 1.12 bits per heavy atom. The number of benzene rings is 1. The van der Waals surface area contributed by atoms with Crippen LogP contribution in [0.25, 0.3) is 0 Å². The maximum absolute atomic E-state index is 12.3. The highest BCUT2D eigenvalue weighted by Crippen LogP contribution is 2.24. The molecule has 0 spiro atoms. The molecular formula is C24H37ClN2O6. The summed E-state index contributed by atoms with van der Waals surface area (Å²) in [4.78, 5) is 37.3. The van der Waals surface area contributed by atoms with E-state index < -0.39 is 24.0 Å². The molecule has 2 N–H and O–H groups in total. The first-order chi connectivity index (χ1) is 15.4. The van der Waals surface area contributed by atoms with E-state index in [2.05, 4.69) is 5.32 Å². The zero-order chi connectivity index (χ0) is 23.3. The molecule has 1 fully saturated rings. The molecule has 1 aliphatic heterocycles. The van der Waals surface area contributed by atoms with Crippen molar-refractivity contribution in [1.29, 1.82) is 0 Å². The third kappa shape index (κ3) is 10.4. The van der Waals surface area contributed by atoms with Crippen molar-refractivity contribution in [3.8, 4) is 0 Å². The van der Waals surface area contributed by atoms with Crippen LogP contribution in [-0.4, -0.2) is 59.8 Å². The van der Waals surface area contributed by atoms with Gasteiger partial charge in [0.25, 0.3) is 0 Å². The van der Waals surface area contributed by atoms with E-state index >= 15 is 0 Å². The molecule has 2 rings (SSSR count). The van der Waals surface area contributed by atoms with Crippen LogP contribution in [0.4, 0.5) is 4.79 Å². The first kappa shape index (κ1) is 28.7. The van der Waals surface area contributed by atoms with Gasteiger partial charge in [0.15, 0.2) is 0 Å². The molecule has 2 atom stereocenters. The van der Waals surface area contributed by atoms with Gasteiger partial charge < -0.3 is 19.5 Å². The number of rotatable bonds is 12. The molecule has 9 heteroatoms. The quantitative estimate of drug-likeness (QED) is 0.341. The van der Waals surface area contributed by atoms with Crippen molar-refractivity contribution in [3.05, 3.63) is 35.9 Å². The number of halogens is 1. The number of ether oxygens (including phenoxy) is 2. The Hall–Kier alpha value is -2.32. The predicted octanol–water partition coefficient (Wildman–Crippen LogP) is 4.01. The lowest BCUT2D eigenvalue weighted by molar-refractivity contribution is -0.147. The van der Waals surface area contributed by atoms with E-state index in [1.807, 2.05) is 30.3 Å². The fourth-order valence-electron chi connectivity index (χ4n) is 3.88. The minimum atomic E-state index is -0.992. The van der Waals surface area contributed by atoms with Gasteiger partial charge in [-0.1, -0.05) is 49.6 Å². The van der Waals surface area contributed by atoms with E-state index in [0.717, 1.165) is 37.7 Å². The average molecular weight is 485 g/mol. The lowest BCUT2D eigenvalue weighted by Crippen LogP contribution is -2.46. The number of nitrogens with one attached hydrogen (secondary N) is 1. The van der Waals surface area contributed by atoms with Gasteiger partial charge in [0.05, 0.1) is 6.61 Å². The first-order valence-electron chi connectivity index (χ1n) is 11.5. The largest absolute Gasteiger partial charge is 0.480 e. The second-order valence-corrected chi connectivity index (χ2v) is 8.29. The lowest BCUT2D eigenvalue weighted by Gasteiger charge is -2.31. The molecule has 1 heterocycles. The molecule has 0 bridgehead atoms. The third-order valence-corrected chi connectivity index (χ3v) is 5.83. The number of unbranched alkanes of at least 4 members (excludes halogenated alkanes) is 1. The number of carbonyl (C=O) groups is 3. The summed E-state index contributed by atoms with van der Waals surface area (Å²) in [6.07, 6.45) is 4.94. The van der Waals surface area contributed by atoms with Crippen molar-refractivity contribution in [1.82, 2.24) is 10.2 Å². The van der Waals surface area contributed by atoms with Crippen LogP contribution in [0.15, 0.2) is 30.3 Å². The van der Waals surface area contributed by atoms with Crippen LogP contribution in [0.5, 0.6) is 0 Å². The Balaban J connectivity index is 0.00000544. The smallest absolute Gasteiger partial charge is 0.410 e. The predicted molar refractivity (Wildman–Crippen MR) is 127 cm³/mol. The number of amides is 1. The number of carboxylic acid groups (broad SMARTS) is 1. The molecular weight excluding hydrogens is 448 g/mol. The second kappa shape index (κ2) is 15.5. The number of likely N-dealkylation sites (tertiary alicyclic amines) is 1. The fraction of sp³-hybridized carbons (Fsp3) is 0.625. The minimum Gasteiger partial charge on any atom is -0.480 e. The van der Waals surface area contributed by atoms with E-state index in [1.165, 1.54) is 6.92 Å². The molecule has 0 aliphatic carbocycles. The monoisotopic (exact) mass is 484 g/mol. The van der Waals surface area contributed by atoms with Crippen molar-refractivity contribution in [2.24, 2.45) is 5.92 Å². The highest BCUT2D eigenvalue weighted by Gasteiger charge is 2.26. The highest BCUT2D eigenvalue weighted by molar-refractivity contribution is 5.85. The Bertz CT molecular complexity index is 725. The van der Waals surface area contributed by atoms with Crippen molar-refractivity contribution in [2.45, 2.75) is 71.1 Å². The van der Waals surface area contributed by atoms with Gasteiger partial charge in [-0.25, -0.2) is 4.79 Å². The van der Waals surface area contributed by atoms with Crippen molar-refractivity contribution in [2.75, 3.05) is 19.7 Å². The average Bonchev–Trinajstić information content (AvgIpc) is 2.80. The maximum atomic E-state index is 12.3. The van der Waals surface area contributed by atoms with Crippen molar-refractivity contribution in [3.63, 3.8) is 0 Å². The van der Waals surface area contributed by atoms with Gasteiger partial charge in [-0.15, -0.1) is 12.4 Å². The van der Waals surface area contributed by atoms with E-state index in [9.17, 15) is 14.4 Å². The van der Waals surface area contributed by atoms with Gasteiger partial charge in [0, 0.05) is 13.1 Å². The van der Waals surface area contributed by atoms with Gasteiger partial charge in [-0.05, 0) is 44.6 Å². The summed E-state index contributed by atoms with van der Waals surface area (Å²) < 4.78 is 10.5. The topological polar surface area (TPSA) is 105 Å². The summed E-state index contributed by atoms with van der Waals surface area (Å²) in [6, 6.07) is 8.23. The third-order valence-electron chi connectivity index (χ3n) is 5.83. The number of carboxylic acids is 1. The molecule has 0 unspecified atom stereocenters. The van der Waals surface area contributed by atoms with E-state index in [0.29, 0.717) is 25.4 Å². The van der Waals surface area contributed by atoms with Crippen LogP contribution in [0, 0.1) is 5.92 Å². The molecule has 1 aromatic carbocycles. The number of piperidine rings is 1. The summed E-state index contributed by atoms with van der Waals surface area (Å²) in [5.41, 5.74) is 0.976. The summed E-state index contributed by atoms with van der Waals surface area (Å²) in [5, 5.41) is 11.9. The number of nitrogens with zero attached hydrogens (tertiary/aromatic N) is 1. The van der Waals surface area contributed by atoms with E-state index in [-0.39, 0.29) is 31.7 Å². The Morgan fingerprint density at radius 2 is 1.79 bits per heavy atom.